The summed E-state index contributed by atoms with van der Waals surface area (Å²) in [7, 11) is 0. The molecule has 0 spiro atoms. The third-order valence-corrected chi connectivity index (χ3v) is 5.00. The molecular formula is C18H18N6OS. The molecule has 8 heteroatoms. The normalized spacial score (nSPS) is 17.0. The maximum atomic E-state index is 12.7. The van der Waals surface area contributed by atoms with Gasteiger partial charge in [0, 0.05) is 6.54 Å². The third-order valence-electron chi connectivity index (χ3n) is 4.14. The highest BCUT2D eigenvalue weighted by molar-refractivity contribution is 7.12. The zero-order valence-corrected chi connectivity index (χ0v) is 14.9. The molecule has 1 aromatic heterocycles. The van der Waals surface area contributed by atoms with E-state index in [1.165, 1.54) is 11.3 Å². The molecule has 0 saturated carbocycles. The lowest BCUT2D eigenvalue weighted by Gasteiger charge is -2.34. The van der Waals surface area contributed by atoms with Crippen molar-refractivity contribution in [1.82, 2.24) is 4.90 Å². The number of carbonyl (C=O) groups is 1. The molecule has 1 saturated heterocycles. The molecule has 1 aliphatic heterocycles. The number of amidine groups is 1. The number of hydrogen-bond acceptors (Lipinski definition) is 5. The van der Waals surface area contributed by atoms with Gasteiger partial charge in [-0.1, -0.05) is 17.4 Å². The highest BCUT2D eigenvalue weighted by Gasteiger charge is 2.31. The van der Waals surface area contributed by atoms with Crippen LogP contribution in [0.4, 0.5) is 5.69 Å². The van der Waals surface area contributed by atoms with Gasteiger partial charge in [0.25, 0.3) is 5.91 Å². The van der Waals surface area contributed by atoms with E-state index in [1.54, 1.807) is 35.2 Å². The smallest absolute Gasteiger partial charge is 0.264 e. The van der Waals surface area contributed by atoms with Crippen LogP contribution in [-0.4, -0.2) is 29.2 Å². The van der Waals surface area contributed by atoms with Crippen LogP contribution in [-0.2, 0) is 0 Å². The van der Waals surface area contributed by atoms with E-state index in [4.69, 9.17) is 10.7 Å². The number of nitriles is 1. The SMILES string of the molecule is N#Cc1cccc(N/N=N\C(=N)C2CCCCN2C(=O)c2cccs2)c1. The van der Waals surface area contributed by atoms with Crippen LogP contribution in [0.5, 0.6) is 0 Å². The molecular weight excluding hydrogens is 348 g/mol. The van der Waals surface area contributed by atoms with Gasteiger partial charge in [0.05, 0.1) is 28.2 Å². The molecule has 0 aliphatic carbocycles. The number of nitrogens with one attached hydrogen (secondary N) is 2. The summed E-state index contributed by atoms with van der Waals surface area (Å²) in [4.78, 5) is 15.1. The Kier molecular flexibility index (Phi) is 5.71. The Balaban J connectivity index is 1.66. The van der Waals surface area contributed by atoms with Gasteiger partial charge in [-0.2, -0.15) is 5.26 Å². The first kappa shape index (κ1) is 17.8. The number of nitrogens with zero attached hydrogens (tertiary/aromatic N) is 4. The molecule has 1 aliphatic rings. The van der Waals surface area contributed by atoms with Gasteiger partial charge in [0.2, 0.25) is 0 Å². The van der Waals surface area contributed by atoms with E-state index in [1.807, 2.05) is 11.4 Å². The van der Waals surface area contributed by atoms with E-state index in [2.05, 4.69) is 21.8 Å². The first-order valence-electron chi connectivity index (χ1n) is 8.29. The van der Waals surface area contributed by atoms with E-state index in [0.29, 0.717) is 29.1 Å². The molecule has 3 rings (SSSR count). The Hall–Kier alpha value is -3.05. The summed E-state index contributed by atoms with van der Waals surface area (Å²) in [5.41, 5.74) is 3.86. The quantitative estimate of drug-likeness (QED) is 0.369. The van der Waals surface area contributed by atoms with Gasteiger partial charge in [-0.05, 0) is 48.9 Å². The van der Waals surface area contributed by atoms with Gasteiger partial charge in [-0.3, -0.25) is 15.6 Å². The van der Waals surface area contributed by atoms with Gasteiger partial charge < -0.3 is 4.90 Å². The molecule has 1 aromatic carbocycles. The van der Waals surface area contributed by atoms with Crippen LogP contribution in [0, 0.1) is 16.7 Å². The Morgan fingerprint density at radius 3 is 3.00 bits per heavy atom. The Labute approximate surface area is 155 Å². The second-order valence-electron chi connectivity index (χ2n) is 5.88. The van der Waals surface area contributed by atoms with Crippen LogP contribution in [0.2, 0.25) is 0 Å². The summed E-state index contributed by atoms with van der Waals surface area (Å²) in [5, 5.41) is 26.8. The number of piperidine rings is 1. The number of thiophene rings is 1. The highest BCUT2D eigenvalue weighted by Crippen LogP contribution is 2.23. The average molecular weight is 366 g/mol. The highest BCUT2D eigenvalue weighted by atomic mass is 32.1. The second-order valence-corrected chi connectivity index (χ2v) is 6.82. The summed E-state index contributed by atoms with van der Waals surface area (Å²) >= 11 is 1.40. The molecule has 1 amide bonds. The van der Waals surface area contributed by atoms with Crippen molar-refractivity contribution in [3.8, 4) is 6.07 Å². The van der Waals surface area contributed by atoms with Gasteiger partial charge in [0.15, 0.2) is 5.84 Å². The predicted molar refractivity (Wildman–Crippen MR) is 100 cm³/mol. The molecule has 1 unspecified atom stereocenters. The van der Waals surface area contributed by atoms with Crippen molar-refractivity contribution in [2.45, 2.75) is 25.3 Å². The fourth-order valence-electron chi connectivity index (χ4n) is 2.86. The minimum Gasteiger partial charge on any atom is -0.328 e. The number of carbonyl (C=O) groups excluding carboxylic acids is 1. The molecule has 1 fully saturated rings. The summed E-state index contributed by atoms with van der Waals surface area (Å²) < 4.78 is 0. The fourth-order valence-corrected chi connectivity index (χ4v) is 3.54. The van der Waals surface area contributed by atoms with Crippen molar-refractivity contribution in [3.05, 3.63) is 52.2 Å². The minimum atomic E-state index is -0.366. The van der Waals surface area contributed by atoms with E-state index in [-0.39, 0.29) is 17.8 Å². The molecule has 2 heterocycles. The number of anilines is 1. The van der Waals surface area contributed by atoms with E-state index in [9.17, 15) is 4.79 Å². The van der Waals surface area contributed by atoms with Crippen molar-refractivity contribution < 1.29 is 4.79 Å². The molecule has 2 aromatic rings. The fraction of sp³-hybridized carbons (Fsp3) is 0.278. The van der Waals surface area contributed by atoms with Crippen LogP contribution in [0.25, 0.3) is 0 Å². The monoisotopic (exact) mass is 366 g/mol. The summed E-state index contributed by atoms with van der Waals surface area (Å²) in [6.07, 6.45) is 2.59. The Bertz CT molecular complexity index is 855. The van der Waals surface area contributed by atoms with Crippen LogP contribution in [0.1, 0.15) is 34.5 Å². The Morgan fingerprint density at radius 2 is 2.23 bits per heavy atom. The molecule has 2 N–H and O–H groups in total. The maximum Gasteiger partial charge on any atom is 0.264 e. The zero-order chi connectivity index (χ0) is 18.4. The minimum absolute atomic E-state index is 0.0542. The third kappa shape index (κ3) is 4.13. The van der Waals surface area contributed by atoms with Crippen molar-refractivity contribution in [3.63, 3.8) is 0 Å². The van der Waals surface area contributed by atoms with Gasteiger partial charge in [-0.15, -0.1) is 16.5 Å². The van der Waals surface area contributed by atoms with Gasteiger partial charge in [0.1, 0.15) is 0 Å². The zero-order valence-electron chi connectivity index (χ0n) is 14.1. The Morgan fingerprint density at radius 1 is 1.35 bits per heavy atom. The van der Waals surface area contributed by atoms with Gasteiger partial charge >= 0.3 is 0 Å². The number of amides is 1. The molecule has 26 heavy (non-hydrogen) atoms. The lowest BCUT2D eigenvalue weighted by molar-refractivity contribution is 0.0683. The van der Waals surface area contributed by atoms with Crippen molar-refractivity contribution in [1.29, 1.82) is 10.7 Å². The maximum absolute atomic E-state index is 12.7. The number of rotatable bonds is 4. The lowest BCUT2D eigenvalue weighted by Crippen LogP contribution is -2.47. The van der Waals surface area contributed by atoms with Gasteiger partial charge in [-0.25, -0.2) is 0 Å². The predicted octanol–water partition coefficient (Wildman–Crippen LogP) is 4.07. The van der Waals surface area contributed by atoms with Crippen molar-refractivity contribution >= 4 is 28.8 Å². The summed E-state index contributed by atoms with van der Waals surface area (Å²) in [6, 6.07) is 12.2. The number of hydrogen-bond donors (Lipinski definition) is 2. The lowest BCUT2D eigenvalue weighted by atomic mass is 10.0. The largest absolute Gasteiger partial charge is 0.328 e. The van der Waals surface area contributed by atoms with Crippen LogP contribution >= 0.6 is 11.3 Å². The molecule has 1 atom stereocenters. The van der Waals surface area contributed by atoms with E-state index < -0.39 is 0 Å². The van der Waals surface area contributed by atoms with Crippen molar-refractivity contribution in [2.75, 3.05) is 12.0 Å². The molecule has 0 radical (unpaired) electrons. The second kappa shape index (κ2) is 8.36. The summed E-state index contributed by atoms with van der Waals surface area (Å²) in [6.45, 7) is 0.622. The summed E-state index contributed by atoms with van der Waals surface area (Å²) in [5.74, 6) is -0.00197. The number of benzene rings is 1. The molecule has 132 valence electrons. The van der Waals surface area contributed by atoms with Crippen LogP contribution < -0.4 is 5.43 Å². The topological polar surface area (TPSA) is 105 Å². The average Bonchev–Trinajstić information content (AvgIpc) is 3.22. The van der Waals surface area contributed by atoms with E-state index >= 15 is 0 Å². The van der Waals surface area contributed by atoms with Crippen molar-refractivity contribution in [2.24, 2.45) is 10.3 Å². The first-order valence-corrected chi connectivity index (χ1v) is 9.17. The van der Waals surface area contributed by atoms with E-state index in [0.717, 1.165) is 12.8 Å². The first-order chi connectivity index (χ1) is 12.7. The van der Waals surface area contributed by atoms with Crippen LogP contribution in [0.15, 0.2) is 52.1 Å². The van der Waals surface area contributed by atoms with Crippen LogP contribution in [0.3, 0.4) is 0 Å². The standard InChI is InChI=1S/C18H18N6OS/c19-12-13-5-3-6-14(11-13)21-23-22-17(20)15-7-1-2-9-24(15)18(25)16-8-4-10-26-16/h3-6,8,10-11,15H,1-2,7,9H2,(H2,20,21,22). The number of likely N-dealkylation sites (tertiary alicyclic amines) is 1. The molecule has 0 bridgehead atoms. The molecule has 7 nitrogen and oxygen atoms in total.